The van der Waals surface area contributed by atoms with Crippen LogP contribution < -0.4 is 4.74 Å². The molecule has 0 amide bonds. The third-order valence-corrected chi connectivity index (χ3v) is 3.88. The van der Waals surface area contributed by atoms with Crippen LogP contribution in [-0.4, -0.2) is 39.7 Å². The first-order chi connectivity index (χ1) is 11.5. The van der Waals surface area contributed by atoms with Gasteiger partial charge < -0.3 is 14.0 Å². The van der Waals surface area contributed by atoms with Crippen LogP contribution >= 0.6 is 23.2 Å². The van der Waals surface area contributed by atoms with E-state index in [1.54, 1.807) is 29.1 Å². The molecule has 0 saturated carbocycles. The fourth-order valence-electron chi connectivity index (χ4n) is 2.33. The summed E-state index contributed by atoms with van der Waals surface area (Å²) in [6, 6.07) is 5.06. The molecule has 2 aromatic heterocycles. The molecule has 1 aromatic carbocycles. The van der Waals surface area contributed by atoms with Gasteiger partial charge in [0.25, 0.3) is 0 Å². The zero-order chi connectivity index (χ0) is 17.3. The van der Waals surface area contributed by atoms with Crippen LogP contribution in [0.3, 0.4) is 0 Å². The maximum atomic E-state index is 11.6. The van der Waals surface area contributed by atoms with Crippen molar-refractivity contribution in [3.05, 3.63) is 46.1 Å². The van der Waals surface area contributed by atoms with Gasteiger partial charge in [0.2, 0.25) is 5.28 Å². The molecule has 7 nitrogen and oxygen atoms in total. The number of ether oxygens (including phenoxy) is 2. The minimum atomic E-state index is -0.431. The molecule has 0 aliphatic carbocycles. The maximum absolute atomic E-state index is 11.6. The summed E-state index contributed by atoms with van der Waals surface area (Å²) in [5.41, 5.74) is 2.21. The van der Waals surface area contributed by atoms with E-state index in [0.29, 0.717) is 29.0 Å². The molecule has 0 radical (unpaired) electrons. The van der Waals surface area contributed by atoms with Crippen molar-refractivity contribution < 1.29 is 14.3 Å². The number of methoxy groups -OCH3 is 2. The molecule has 0 spiro atoms. The highest BCUT2D eigenvalue weighted by Gasteiger charge is 2.15. The van der Waals surface area contributed by atoms with E-state index in [1.165, 1.54) is 14.2 Å². The summed E-state index contributed by atoms with van der Waals surface area (Å²) in [6.45, 7) is 0.409. The average molecular weight is 367 g/mol. The Morgan fingerprint density at radius 1 is 1.25 bits per heavy atom. The van der Waals surface area contributed by atoms with Gasteiger partial charge in [0.15, 0.2) is 10.8 Å². The third kappa shape index (κ3) is 3.00. The molecule has 24 heavy (non-hydrogen) atoms. The molecule has 9 heteroatoms. The van der Waals surface area contributed by atoms with Crippen LogP contribution in [-0.2, 0) is 11.3 Å². The van der Waals surface area contributed by atoms with Crippen molar-refractivity contribution in [2.24, 2.45) is 0 Å². The molecule has 3 rings (SSSR count). The molecule has 0 bridgehead atoms. The van der Waals surface area contributed by atoms with Crippen LogP contribution in [0, 0.1) is 0 Å². The normalized spacial score (nSPS) is 10.8. The lowest BCUT2D eigenvalue weighted by Gasteiger charge is -2.11. The number of hydrogen-bond donors (Lipinski definition) is 0. The van der Waals surface area contributed by atoms with Gasteiger partial charge in [-0.25, -0.2) is 14.8 Å². The quantitative estimate of drug-likeness (QED) is 0.401. The van der Waals surface area contributed by atoms with Crippen molar-refractivity contribution in [3.63, 3.8) is 0 Å². The van der Waals surface area contributed by atoms with E-state index in [-0.39, 0.29) is 10.4 Å². The molecule has 0 atom stereocenters. The van der Waals surface area contributed by atoms with Gasteiger partial charge in [-0.15, -0.1) is 0 Å². The first-order valence-electron chi connectivity index (χ1n) is 6.82. The number of nitrogens with zero attached hydrogens (tertiary/aromatic N) is 4. The Morgan fingerprint density at radius 2 is 2.04 bits per heavy atom. The Bertz CT molecular complexity index is 926. The molecule has 3 aromatic rings. The van der Waals surface area contributed by atoms with E-state index in [0.717, 1.165) is 5.56 Å². The SMILES string of the molecule is COC(=O)c1ccc(Cn2cnc3nc(Cl)nc(Cl)c32)c(OC)c1. The lowest BCUT2D eigenvalue weighted by Crippen LogP contribution is -2.05. The van der Waals surface area contributed by atoms with E-state index in [9.17, 15) is 4.79 Å². The van der Waals surface area contributed by atoms with Gasteiger partial charge >= 0.3 is 5.97 Å². The Balaban J connectivity index is 2.01. The second-order valence-corrected chi connectivity index (χ2v) is 5.54. The van der Waals surface area contributed by atoms with Crippen molar-refractivity contribution in [1.29, 1.82) is 0 Å². The number of carbonyl (C=O) groups is 1. The van der Waals surface area contributed by atoms with E-state index >= 15 is 0 Å². The largest absolute Gasteiger partial charge is 0.496 e. The van der Waals surface area contributed by atoms with Crippen molar-refractivity contribution >= 4 is 40.3 Å². The molecule has 2 heterocycles. The zero-order valence-corrected chi connectivity index (χ0v) is 14.3. The van der Waals surface area contributed by atoms with Crippen molar-refractivity contribution in [2.75, 3.05) is 14.2 Å². The maximum Gasteiger partial charge on any atom is 0.337 e. The minimum Gasteiger partial charge on any atom is -0.496 e. The Morgan fingerprint density at radius 3 is 2.75 bits per heavy atom. The standard InChI is InChI=1S/C15H12Cl2N4O3/c1-23-10-5-8(14(22)24-2)3-4-9(10)6-21-7-18-13-11(21)12(16)19-15(17)20-13/h3-5,7H,6H2,1-2H3. The first kappa shape index (κ1) is 16.5. The van der Waals surface area contributed by atoms with E-state index in [4.69, 9.17) is 32.7 Å². The van der Waals surface area contributed by atoms with Gasteiger partial charge in [0, 0.05) is 5.56 Å². The predicted molar refractivity (Wildman–Crippen MR) is 88.8 cm³/mol. The molecule has 0 N–H and O–H groups in total. The molecule has 0 aliphatic heterocycles. The summed E-state index contributed by atoms with van der Waals surface area (Å²) in [7, 11) is 2.86. The molecular weight excluding hydrogens is 355 g/mol. The number of rotatable bonds is 4. The second-order valence-electron chi connectivity index (χ2n) is 4.85. The van der Waals surface area contributed by atoms with Gasteiger partial charge in [0.1, 0.15) is 11.3 Å². The summed E-state index contributed by atoms with van der Waals surface area (Å²) in [5, 5.41) is 0.255. The van der Waals surface area contributed by atoms with Crippen molar-refractivity contribution in [2.45, 2.75) is 6.54 Å². The van der Waals surface area contributed by atoms with Crippen LogP contribution in [0.4, 0.5) is 0 Å². The van der Waals surface area contributed by atoms with Crippen LogP contribution in [0.5, 0.6) is 5.75 Å². The van der Waals surface area contributed by atoms with Crippen LogP contribution in [0.15, 0.2) is 24.5 Å². The number of hydrogen-bond acceptors (Lipinski definition) is 6. The molecule has 0 fully saturated rings. The number of imidazole rings is 1. The number of carbonyl (C=O) groups excluding carboxylic acids is 1. The van der Waals surface area contributed by atoms with Crippen molar-refractivity contribution in [3.8, 4) is 5.75 Å². The smallest absolute Gasteiger partial charge is 0.337 e. The van der Waals surface area contributed by atoms with Gasteiger partial charge in [-0.3, -0.25) is 0 Å². The Hall–Kier alpha value is -2.38. The highest BCUT2D eigenvalue weighted by atomic mass is 35.5. The molecule has 0 unspecified atom stereocenters. The first-order valence-corrected chi connectivity index (χ1v) is 7.58. The second kappa shape index (κ2) is 6.62. The molecular formula is C15H12Cl2N4O3. The summed E-state index contributed by atoms with van der Waals surface area (Å²) < 4.78 is 11.9. The monoisotopic (exact) mass is 366 g/mol. The summed E-state index contributed by atoms with van der Waals surface area (Å²) in [5.74, 6) is 0.116. The molecule has 0 saturated heterocycles. The van der Waals surface area contributed by atoms with Crippen LogP contribution in [0.2, 0.25) is 10.4 Å². The van der Waals surface area contributed by atoms with Crippen LogP contribution in [0.25, 0.3) is 11.2 Å². The number of benzene rings is 1. The number of fused-ring (bicyclic) bond motifs is 1. The predicted octanol–water partition coefficient (Wildman–Crippen LogP) is 2.98. The number of aromatic nitrogens is 4. The number of esters is 1. The molecule has 0 aliphatic rings. The highest BCUT2D eigenvalue weighted by Crippen LogP contribution is 2.26. The zero-order valence-electron chi connectivity index (χ0n) is 12.8. The van der Waals surface area contributed by atoms with E-state index in [1.807, 2.05) is 0 Å². The van der Waals surface area contributed by atoms with Gasteiger partial charge in [0.05, 0.1) is 32.7 Å². The Kier molecular flexibility index (Phi) is 4.55. The minimum absolute atomic E-state index is 0.0396. The topological polar surface area (TPSA) is 79.1 Å². The summed E-state index contributed by atoms with van der Waals surface area (Å²) in [4.78, 5) is 23.8. The highest BCUT2D eigenvalue weighted by molar-refractivity contribution is 6.35. The van der Waals surface area contributed by atoms with Gasteiger partial charge in [-0.05, 0) is 23.7 Å². The fraction of sp³-hybridized carbons (Fsp3) is 0.200. The summed E-state index contributed by atoms with van der Waals surface area (Å²) in [6.07, 6.45) is 1.59. The third-order valence-electron chi connectivity index (χ3n) is 3.45. The van der Waals surface area contributed by atoms with Crippen molar-refractivity contribution in [1.82, 2.24) is 19.5 Å². The summed E-state index contributed by atoms with van der Waals surface area (Å²) >= 11 is 11.9. The van der Waals surface area contributed by atoms with E-state index < -0.39 is 5.97 Å². The average Bonchev–Trinajstić information content (AvgIpc) is 2.97. The molecule has 124 valence electrons. The Labute approximate surface area is 147 Å². The lowest BCUT2D eigenvalue weighted by molar-refractivity contribution is 0.0600. The van der Waals surface area contributed by atoms with Gasteiger partial charge in [-0.2, -0.15) is 4.98 Å². The van der Waals surface area contributed by atoms with E-state index in [2.05, 4.69) is 15.0 Å². The number of halogens is 2. The van der Waals surface area contributed by atoms with Crippen LogP contribution in [0.1, 0.15) is 15.9 Å². The fourth-order valence-corrected chi connectivity index (χ4v) is 2.81. The van der Waals surface area contributed by atoms with Gasteiger partial charge in [-0.1, -0.05) is 17.7 Å². The lowest BCUT2D eigenvalue weighted by atomic mass is 10.1.